The lowest BCUT2D eigenvalue weighted by molar-refractivity contribution is 0.220. The van der Waals surface area contributed by atoms with E-state index >= 15 is 0 Å². The van der Waals surface area contributed by atoms with Crippen LogP contribution in [0.2, 0.25) is 0 Å². The number of hydrogen-bond donors (Lipinski definition) is 0. The number of hydrogen-bond acceptors (Lipinski definition) is 4. The lowest BCUT2D eigenvalue weighted by atomic mass is 10.2. The Morgan fingerprint density at radius 3 is 1.62 bits per heavy atom. The predicted molar refractivity (Wildman–Crippen MR) is 43.9 cm³/mol. The number of rotatable bonds is 2. The van der Waals surface area contributed by atoms with Crippen LogP contribution in [-0.4, -0.2) is 14.2 Å². The van der Waals surface area contributed by atoms with Gasteiger partial charge in [-0.15, -0.1) is 0 Å². The van der Waals surface area contributed by atoms with Crippen molar-refractivity contribution >= 4 is 0 Å². The highest BCUT2D eigenvalue weighted by Gasteiger charge is 2.26. The minimum atomic E-state index is 0.305. The highest BCUT2D eigenvalue weighted by atomic mass is 16.5. The molecule has 0 fully saturated rings. The molecule has 0 aromatic heterocycles. The largest absolute Gasteiger partial charge is 0.492 e. The molecule has 0 atom stereocenters. The summed E-state index contributed by atoms with van der Waals surface area (Å²) in [5, 5.41) is 17.4. The van der Waals surface area contributed by atoms with Crippen molar-refractivity contribution in [1.29, 1.82) is 10.5 Å². The maximum absolute atomic E-state index is 8.71. The van der Waals surface area contributed by atoms with Gasteiger partial charge < -0.3 is 9.47 Å². The summed E-state index contributed by atoms with van der Waals surface area (Å²) < 4.78 is 9.95. The molecule has 4 nitrogen and oxygen atoms in total. The lowest BCUT2D eigenvalue weighted by Gasteiger charge is -2.05. The van der Waals surface area contributed by atoms with Crippen molar-refractivity contribution in [3.63, 3.8) is 0 Å². The van der Waals surface area contributed by atoms with E-state index in [0.717, 1.165) is 0 Å². The first kappa shape index (κ1) is 9.15. The molecule has 0 amide bonds. The molecule has 0 N–H and O–H groups in total. The van der Waals surface area contributed by atoms with Crippen LogP contribution in [0.1, 0.15) is 6.42 Å². The van der Waals surface area contributed by atoms with Gasteiger partial charge in [0.05, 0.1) is 37.5 Å². The molecule has 4 heteroatoms. The van der Waals surface area contributed by atoms with E-state index in [4.69, 9.17) is 20.0 Å². The highest BCUT2D eigenvalue weighted by molar-refractivity contribution is 5.51. The van der Waals surface area contributed by atoms with E-state index in [1.54, 1.807) is 0 Å². The zero-order valence-electron chi connectivity index (χ0n) is 7.42. The second-order valence-electron chi connectivity index (χ2n) is 2.42. The molecule has 1 rings (SSSR count). The van der Waals surface area contributed by atoms with Crippen molar-refractivity contribution < 1.29 is 9.47 Å². The van der Waals surface area contributed by atoms with Crippen LogP contribution in [0.5, 0.6) is 0 Å². The van der Waals surface area contributed by atoms with Crippen LogP contribution < -0.4 is 0 Å². The number of allylic oxidation sites excluding steroid dienone is 2. The van der Waals surface area contributed by atoms with Crippen LogP contribution >= 0.6 is 0 Å². The summed E-state index contributed by atoms with van der Waals surface area (Å²) in [4.78, 5) is 0. The van der Waals surface area contributed by atoms with Gasteiger partial charge >= 0.3 is 0 Å². The monoisotopic (exact) mass is 176 g/mol. The van der Waals surface area contributed by atoms with E-state index in [2.05, 4.69) is 0 Å². The van der Waals surface area contributed by atoms with Gasteiger partial charge in [0, 0.05) is 6.42 Å². The van der Waals surface area contributed by atoms with Crippen molar-refractivity contribution in [2.45, 2.75) is 6.42 Å². The third-order valence-corrected chi connectivity index (χ3v) is 1.79. The van der Waals surface area contributed by atoms with Gasteiger partial charge in [-0.25, -0.2) is 0 Å². The molecule has 0 saturated heterocycles. The minimum absolute atomic E-state index is 0.305. The van der Waals surface area contributed by atoms with Crippen LogP contribution in [-0.2, 0) is 9.47 Å². The van der Waals surface area contributed by atoms with Crippen LogP contribution in [0.25, 0.3) is 0 Å². The van der Waals surface area contributed by atoms with Crippen molar-refractivity contribution in [1.82, 2.24) is 0 Å². The SMILES string of the molecule is COC1=C(C#N)CC(C#N)=C1OC. The Hall–Kier alpha value is -1.94. The molecular formula is C9H8N2O2. The first-order valence-corrected chi connectivity index (χ1v) is 3.63. The number of ether oxygens (including phenoxy) is 2. The van der Waals surface area contributed by atoms with Crippen LogP contribution in [0.15, 0.2) is 22.7 Å². The van der Waals surface area contributed by atoms with Gasteiger partial charge in [-0.3, -0.25) is 0 Å². The molecule has 0 saturated carbocycles. The molecule has 1 aliphatic rings. The summed E-state index contributed by atoms with van der Waals surface area (Å²) in [6.07, 6.45) is 0.305. The van der Waals surface area contributed by atoms with Crippen LogP contribution in [0.3, 0.4) is 0 Å². The first-order chi connectivity index (χ1) is 6.28. The Balaban J connectivity index is 3.14. The predicted octanol–water partition coefficient (Wildman–Crippen LogP) is 1.24. The summed E-state index contributed by atoms with van der Waals surface area (Å²) in [6, 6.07) is 3.95. The smallest absolute Gasteiger partial charge is 0.175 e. The second-order valence-corrected chi connectivity index (χ2v) is 2.42. The average Bonchev–Trinajstić information content (AvgIpc) is 2.54. The molecule has 0 aromatic rings. The summed E-state index contributed by atoms with van der Waals surface area (Å²) >= 11 is 0. The average molecular weight is 176 g/mol. The summed E-state index contributed by atoms with van der Waals surface area (Å²) in [5.41, 5.74) is 0.881. The van der Waals surface area contributed by atoms with E-state index < -0.39 is 0 Å². The second kappa shape index (κ2) is 3.64. The van der Waals surface area contributed by atoms with Gasteiger partial charge in [-0.05, 0) is 0 Å². The van der Waals surface area contributed by atoms with Crippen molar-refractivity contribution in [3.05, 3.63) is 22.7 Å². The van der Waals surface area contributed by atoms with Gasteiger partial charge in [0.2, 0.25) is 0 Å². The fourth-order valence-electron chi connectivity index (χ4n) is 1.22. The van der Waals surface area contributed by atoms with Gasteiger partial charge in [0.1, 0.15) is 0 Å². The molecule has 0 radical (unpaired) electrons. The maximum atomic E-state index is 8.71. The Kier molecular flexibility index (Phi) is 2.56. The van der Waals surface area contributed by atoms with E-state index in [1.807, 2.05) is 12.1 Å². The maximum Gasteiger partial charge on any atom is 0.175 e. The quantitative estimate of drug-likeness (QED) is 0.634. The van der Waals surface area contributed by atoms with E-state index in [-0.39, 0.29) is 0 Å². The molecule has 0 spiro atoms. The molecule has 0 heterocycles. The van der Waals surface area contributed by atoms with Crippen LogP contribution in [0.4, 0.5) is 0 Å². The summed E-state index contributed by atoms with van der Waals surface area (Å²) in [5.74, 6) is 0.753. The Morgan fingerprint density at radius 1 is 1.00 bits per heavy atom. The Labute approximate surface area is 76.3 Å². The molecule has 0 aromatic carbocycles. The van der Waals surface area contributed by atoms with Gasteiger partial charge in [-0.1, -0.05) is 0 Å². The molecular weight excluding hydrogens is 168 g/mol. The van der Waals surface area contributed by atoms with Gasteiger partial charge in [0.25, 0.3) is 0 Å². The third-order valence-electron chi connectivity index (χ3n) is 1.79. The molecule has 66 valence electrons. The topological polar surface area (TPSA) is 66.0 Å². The standard InChI is InChI=1S/C9H8N2O2/c1-12-8-6(4-10)3-7(5-11)9(8)13-2/h3H2,1-2H3. The van der Waals surface area contributed by atoms with Crippen molar-refractivity contribution in [2.75, 3.05) is 14.2 Å². The van der Waals surface area contributed by atoms with Crippen LogP contribution in [0, 0.1) is 22.7 Å². The number of nitriles is 2. The normalized spacial score (nSPS) is 15.4. The number of nitrogens with zero attached hydrogens (tertiary/aromatic N) is 2. The van der Waals surface area contributed by atoms with E-state index in [0.29, 0.717) is 29.1 Å². The lowest BCUT2D eigenvalue weighted by Crippen LogP contribution is -1.94. The molecule has 13 heavy (non-hydrogen) atoms. The first-order valence-electron chi connectivity index (χ1n) is 3.63. The van der Waals surface area contributed by atoms with Crippen molar-refractivity contribution in [3.8, 4) is 12.1 Å². The molecule has 1 aliphatic carbocycles. The van der Waals surface area contributed by atoms with E-state index in [1.165, 1.54) is 14.2 Å². The minimum Gasteiger partial charge on any atom is -0.492 e. The van der Waals surface area contributed by atoms with Crippen molar-refractivity contribution in [2.24, 2.45) is 0 Å². The van der Waals surface area contributed by atoms with Gasteiger partial charge in [0.15, 0.2) is 11.5 Å². The zero-order valence-corrected chi connectivity index (χ0v) is 7.42. The fraction of sp³-hybridized carbons (Fsp3) is 0.333. The zero-order chi connectivity index (χ0) is 9.84. The Morgan fingerprint density at radius 2 is 1.38 bits per heavy atom. The van der Waals surface area contributed by atoms with Gasteiger partial charge in [-0.2, -0.15) is 10.5 Å². The fourth-order valence-corrected chi connectivity index (χ4v) is 1.22. The van der Waals surface area contributed by atoms with E-state index in [9.17, 15) is 0 Å². The highest BCUT2D eigenvalue weighted by Crippen LogP contribution is 2.32. The summed E-state index contributed by atoms with van der Waals surface area (Å²) in [6.45, 7) is 0. The molecule has 0 bridgehead atoms. The number of methoxy groups -OCH3 is 2. The molecule has 0 aliphatic heterocycles. The molecule has 0 unspecified atom stereocenters. The summed E-state index contributed by atoms with van der Waals surface area (Å²) in [7, 11) is 2.90. The Bertz CT molecular complexity index is 330. The third kappa shape index (κ3) is 1.34.